The van der Waals surface area contributed by atoms with Gasteiger partial charge in [0.25, 0.3) is 11.8 Å². The van der Waals surface area contributed by atoms with Crippen LogP contribution in [0.3, 0.4) is 0 Å². The summed E-state index contributed by atoms with van der Waals surface area (Å²) in [5.41, 5.74) is 2.65. The molecule has 38 heavy (non-hydrogen) atoms. The number of piperazine rings is 1. The minimum atomic E-state index is -0.207. The normalized spacial score (nSPS) is 19.1. The highest BCUT2D eigenvalue weighted by Crippen LogP contribution is 2.31. The minimum absolute atomic E-state index is 0.0154. The zero-order chi connectivity index (χ0) is 26.3. The highest BCUT2D eigenvalue weighted by molar-refractivity contribution is 6.07. The van der Waals surface area contributed by atoms with Gasteiger partial charge in [0.2, 0.25) is 5.91 Å². The SMILES string of the molecule is O=C(Nc1cc(C(=O)N2CCCNCC2)ccc1N1CCN(C(=O)C2CCCCC2)CC1)c1ccccc1. The van der Waals surface area contributed by atoms with Gasteiger partial charge >= 0.3 is 0 Å². The monoisotopic (exact) mass is 517 g/mol. The summed E-state index contributed by atoms with van der Waals surface area (Å²) in [5.74, 6) is 0.255. The molecule has 0 bridgehead atoms. The molecule has 202 valence electrons. The summed E-state index contributed by atoms with van der Waals surface area (Å²) in [6.45, 7) is 5.81. The van der Waals surface area contributed by atoms with Crippen molar-refractivity contribution in [3.05, 3.63) is 59.7 Å². The number of rotatable bonds is 5. The molecule has 3 fully saturated rings. The predicted octanol–water partition coefficient (Wildman–Crippen LogP) is 3.60. The van der Waals surface area contributed by atoms with Gasteiger partial charge in [-0.25, -0.2) is 0 Å². The average Bonchev–Trinajstić information content (AvgIpc) is 3.27. The smallest absolute Gasteiger partial charge is 0.255 e. The number of hydrogen-bond acceptors (Lipinski definition) is 5. The maximum absolute atomic E-state index is 13.3. The Morgan fingerprint density at radius 3 is 2.26 bits per heavy atom. The van der Waals surface area contributed by atoms with Crippen molar-refractivity contribution in [3.8, 4) is 0 Å². The van der Waals surface area contributed by atoms with E-state index in [2.05, 4.69) is 15.5 Å². The number of amides is 3. The zero-order valence-electron chi connectivity index (χ0n) is 22.2. The first-order chi connectivity index (χ1) is 18.6. The van der Waals surface area contributed by atoms with Gasteiger partial charge in [0.1, 0.15) is 0 Å². The van der Waals surface area contributed by atoms with Crippen LogP contribution < -0.4 is 15.5 Å². The van der Waals surface area contributed by atoms with Crippen LogP contribution in [0, 0.1) is 5.92 Å². The highest BCUT2D eigenvalue weighted by atomic mass is 16.2. The molecular formula is C30H39N5O3. The Labute approximate surface area is 225 Å². The minimum Gasteiger partial charge on any atom is -0.366 e. The third-order valence-corrected chi connectivity index (χ3v) is 8.04. The van der Waals surface area contributed by atoms with Gasteiger partial charge in [0.05, 0.1) is 11.4 Å². The maximum atomic E-state index is 13.3. The van der Waals surface area contributed by atoms with E-state index in [0.29, 0.717) is 55.4 Å². The molecule has 3 amide bonds. The molecule has 0 radical (unpaired) electrons. The van der Waals surface area contributed by atoms with Crippen molar-refractivity contribution in [1.82, 2.24) is 15.1 Å². The molecule has 2 aliphatic heterocycles. The van der Waals surface area contributed by atoms with Crippen LogP contribution in [-0.2, 0) is 4.79 Å². The van der Waals surface area contributed by atoms with Gasteiger partial charge in [0.15, 0.2) is 0 Å². The van der Waals surface area contributed by atoms with Crippen LogP contribution in [0.2, 0.25) is 0 Å². The number of nitrogens with one attached hydrogen (secondary N) is 2. The topological polar surface area (TPSA) is 85.0 Å². The van der Waals surface area contributed by atoms with E-state index in [9.17, 15) is 14.4 Å². The summed E-state index contributed by atoms with van der Waals surface area (Å²) in [6.07, 6.45) is 6.49. The van der Waals surface area contributed by atoms with Crippen LogP contribution in [0.1, 0.15) is 59.2 Å². The first-order valence-corrected chi connectivity index (χ1v) is 14.1. The molecule has 0 spiro atoms. The second-order valence-electron chi connectivity index (χ2n) is 10.6. The quantitative estimate of drug-likeness (QED) is 0.633. The van der Waals surface area contributed by atoms with E-state index in [4.69, 9.17) is 0 Å². The second kappa shape index (κ2) is 12.4. The number of carbonyl (C=O) groups excluding carboxylic acids is 3. The molecule has 8 nitrogen and oxygen atoms in total. The van der Waals surface area contributed by atoms with Crippen LogP contribution >= 0.6 is 0 Å². The second-order valence-corrected chi connectivity index (χ2v) is 10.6. The molecule has 2 aromatic carbocycles. The van der Waals surface area contributed by atoms with Crippen molar-refractivity contribution in [2.45, 2.75) is 38.5 Å². The van der Waals surface area contributed by atoms with E-state index in [1.807, 2.05) is 46.2 Å². The highest BCUT2D eigenvalue weighted by Gasteiger charge is 2.29. The number of hydrogen-bond donors (Lipinski definition) is 2. The fraction of sp³-hybridized carbons (Fsp3) is 0.500. The Hall–Kier alpha value is -3.39. The first-order valence-electron chi connectivity index (χ1n) is 14.1. The summed E-state index contributed by atoms with van der Waals surface area (Å²) >= 11 is 0. The van der Waals surface area contributed by atoms with Crippen molar-refractivity contribution in [2.75, 3.05) is 62.6 Å². The van der Waals surface area contributed by atoms with Crippen LogP contribution in [0.15, 0.2) is 48.5 Å². The Bertz CT molecular complexity index is 1120. The van der Waals surface area contributed by atoms with Gasteiger partial charge < -0.3 is 25.3 Å². The van der Waals surface area contributed by atoms with Gasteiger partial charge in [-0.2, -0.15) is 0 Å². The van der Waals surface area contributed by atoms with Crippen molar-refractivity contribution >= 4 is 29.1 Å². The molecule has 8 heteroatoms. The van der Waals surface area contributed by atoms with Gasteiger partial charge in [0, 0.05) is 62.9 Å². The molecule has 0 aromatic heterocycles. The van der Waals surface area contributed by atoms with Crippen molar-refractivity contribution in [2.24, 2.45) is 5.92 Å². The lowest BCUT2D eigenvalue weighted by Crippen LogP contribution is -2.50. The fourth-order valence-electron chi connectivity index (χ4n) is 5.84. The van der Waals surface area contributed by atoms with E-state index < -0.39 is 0 Å². The maximum Gasteiger partial charge on any atom is 0.255 e. The lowest BCUT2D eigenvalue weighted by Gasteiger charge is -2.39. The van der Waals surface area contributed by atoms with Crippen molar-refractivity contribution in [1.29, 1.82) is 0 Å². The number of nitrogens with zero attached hydrogens (tertiary/aromatic N) is 3. The number of anilines is 2. The van der Waals surface area contributed by atoms with E-state index in [-0.39, 0.29) is 17.7 Å². The lowest BCUT2D eigenvalue weighted by molar-refractivity contribution is -0.136. The van der Waals surface area contributed by atoms with Crippen molar-refractivity contribution < 1.29 is 14.4 Å². The Balaban J connectivity index is 1.34. The van der Waals surface area contributed by atoms with Gasteiger partial charge in [-0.15, -0.1) is 0 Å². The third-order valence-electron chi connectivity index (χ3n) is 8.04. The van der Waals surface area contributed by atoms with Crippen LogP contribution in [-0.4, -0.2) is 79.9 Å². The third kappa shape index (κ3) is 6.18. The lowest BCUT2D eigenvalue weighted by atomic mass is 9.88. The summed E-state index contributed by atoms with van der Waals surface area (Å²) < 4.78 is 0. The molecule has 5 rings (SSSR count). The molecule has 1 saturated carbocycles. The molecule has 2 saturated heterocycles. The molecule has 1 aliphatic carbocycles. The average molecular weight is 518 g/mol. The van der Waals surface area contributed by atoms with Crippen molar-refractivity contribution in [3.63, 3.8) is 0 Å². The zero-order valence-corrected chi connectivity index (χ0v) is 22.2. The van der Waals surface area contributed by atoms with Crippen LogP contribution in [0.25, 0.3) is 0 Å². The fourth-order valence-corrected chi connectivity index (χ4v) is 5.84. The molecule has 2 heterocycles. The van der Waals surface area contributed by atoms with Gasteiger partial charge in [-0.3, -0.25) is 14.4 Å². The number of benzene rings is 2. The predicted molar refractivity (Wildman–Crippen MR) is 150 cm³/mol. The van der Waals surface area contributed by atoms with Gasteiger partial charge in [-0.05, 0) is 56.1 Å². The van der Waals surface area contributed by atoms with E-state index in [1.165, 1.54) is 6.42 Å². The van der Waals surface area contributed by atoms with Crippen LogP contribution in [0.4, 0.5) is 11.4 Å². The first kappa shape index (κ1) is 26.2. The summed E-state index contributed by atoms with van der Waals surface area (Å²) in [7, 11) is 0. The van der Waals surface area contributed by atoms with E-state index >= 15 is 0 Å². The molecule has 0 atom stereocenters. The molecule has 0 unspecified atom stereocenters. The molecule has 2 aromatic rings. The summed E-state index contributed by atoms with van der Waals surface area (Å²) in [4.78, 5) is 45.6. The Morgan fingerprint density at radius 2 is 1.50 bits per heavy atom. The summed E-state index contributed by atoms with van der Waals surface area (Å²) in [6, 6.07) is 14.8. The van der Waals surface area contributed by atoms with Crippen LogP contribution in [0.5, 0.6) is 0 Å². The van der Waals surface area contributed by atoms with E-state index in [0.717, 1.165) is 57.4 Å². The standard InChI is InChI=1S/C30H39N5O3/c36-28(23-8-3-1-4-9-23)32-26-22-25(30(38)34-16-7-14-31-15-17-34)12-13-27(26)33-18-20-35(21-19-33)29(37)24-10-5-2-6-11-24/h1,3-4,8-9,12-13,22,24,31H,2,5-7,10-11,14-21H2,(H,32,36). The Morgan fingerprint density at radius 1 is 0.737 bits per heavy atom. The Kier molecular flexibility index (Phi) is 8.58. The molecule has 3 aliphatic rings. The van der Waals surface area contributed by atoms with E-state index in [1.54, 1.807) is 12.1 Å². The molecule has 2 N–H and O–H groups in total. The largest absolute Gasteiger partial charge is 0.366 e. The summed E-state index contributed by atoms with van der Waals surface area (Å²) in [5, 5.41) is 6.41. The molecular weight excluding hydrogens is 478 g/mol. The van der Waals surface area contributed by atoms with Gasteiger partial charge in [-0.1, -0.05) is 37.5 Å². The number of carbonyl (C=O) groups is 3.